The summed E-state index contributed by atoms with van der Waals surface area (Å²) in [6.07, 6.45) is 10.3. The van der Waals surface area contributed by atoms with Gasteiger partial charge < -0.3 is 5.11 Å². The molecule has 0 saturated heterocycles. The number of aliphatic carboxylic acids is 1. The lowest BCUT2D eigenvalue weighted by Crippen LogP contribution is -2.10. The standard InChI is InChI=1S/C13H25N3O2/c1-2-3-4-5-6-7-8-9-10-12(15-16-14)11-13(17)18/h12H,2-11H2,1H3,(H,17,18)/t12-/m0/s1. The van der Waals surface area contributed by atoms with Crippen molar-refractivity contribution in [3.05, 3.63) is 10.4 Å². The molecule has 0 bridgehead atoms. The third-order valence-corrected chi connectivity index (χ3v) is 3.02. The second-order valence-electron chi connectivity index (χ2n) is 4.72. The van der Waals surface area contributed by atoms with Crippen LogP contribution < -0.4 is 0 Å². The molecule has 0 heterocycles. The quantitative estimate of drug-likeness (QED) is 0.238. The van der Waals surface area contributed by atoms with Crippen LogP contribution in [0.15, 0.2) is 5.11 Å². The number of rotatable bonds is 12. The predicted molar refractivity (Wildman–Crippen MR) is 72.4 cm³/mol. The fourth-order valence-electron chi connectivity index (χ4n) is 1.99. The van der Waals surface area contributed by atoms with E-state index in [2.05, 4.69) is 16.9 Å². The summed E-state index contributed by atoms with van der Waals surface area (Å²) in [6.45, 7) is 2.21. The van der Waals surface area contributed by atoms with Crippen LogP contribution in [0.2, 0.25) is 0 Å². The van der Waals surface area contributed by atoms with E-state index in [1.807, 2.05) is 0 Å². The summed E-state index contributed by atoms with van der Waals surface area (Å²) in [5, 5.41) is 12.2. The smallest absolute Gasteiger partial charge is 0.303 e. The first-order valence-corrected chi connectivity index (χ1v) is 6.96. The summed E-state index contributed by atoms with van der Waals surface area (Å²) in [4.78, 5) is 13.2. The van der Waals surface area contributed by atoms with E-state index < -0.39 is 5.97 Å². The van der Waals surface area contributed by atoms with Crippen LogP contribution in [-0.4, -0.2) is 17.1 Å². The summed E-state index contributed by atoms with van der Waals surface area (Å²) in [6, 6.07) is -0.382. The molecule has 0 aromatic carbocycles. The van der Waals surface area contributed by atoms with E-state index in [0.717, 1.165) is 12.8 Å². The molecule has 0 radical (unpaired) electrons. The molecule has 0 unspecified atom stereocenters. The number of azide groups is 1. The largest absolute Gasteiger partial charge is 0.481 e. The fourth-order valence-corrected chi connectivity index (χ4v) is 1.99. The van der Waals surface area contributed by atoms with E-state index in [-0.39, 0.29) is 12.5 Å². The molecule has 0 fully saturated rings. The van der Waals surface area contributed by atoms with Gasteiger partial charge in [0, 0.05) is 11.0 Å². The van der Waals surface area contributed by atoms with Gasteiger partial charge in [0.05, 0.1) is 6.42 Å². The van der Waals surface area contributed by atoms with Crippen molar-refractivity contribution in [2.24, 2.45) is 5.11 Å². The van der Waals surface area contributed by atoms with Gasteiger partial charge in [0.1, 0.15) is 0 Å². The lowest BCUT2D eigenvalue weighted by molar-refractivity contribution is -0.137. The molecule has 104 valence electrons. The lowest BCUT2D eigenvalue weighted by atomic mass is 10.0. The Morgan fingerprint density at radius 3 is 2.22 bits per heavy atom. The second kappa shape index (κ2) is 12.2. The molecule has 0 aliphatic rings. The molecule has 0 saturated carbocycles. The van der Waals surface area contributed by atoms with Crippen LogP contribution in [0.5, 0.6) is 0 Å². The molecule has 0 amide bonds. The highest BCUT2D eigenvalue weighted by molar-refractivity contribution is 5.67. The number of unbranched alkanes of at least 4 members (excludes halogenated alkanes) is 7. The van der Waals surface area contributed by atoms with Crippen molar-refractivity contribution in [3.8, 4) is 0 Å². The second-order valence-corrected chi connectivity index (χ2v) is 4.72. The van der Waals surface area contributed by atoms with E-state index in [1.165, 1.54) is 38.5 Å². The maximum atomic E-state index is 10.5. The minimum atomic E-state index is -0.896. The summed E-state index contributed by atoms with van der Waals surface area (Å²) < 4.78 is 0. The zero-order valence-corrected chi connectivity index (χ0v) is 11.3. The fraction of sp³-hybridized carbons (Fsp3) is 0.923. The molecule has 5 heteroatoms. The summed E-state index contributed by atoms with van der Waals surface area (Å²) >= 11 is 0. The predicted octanol–water partition coefficient (Wildman–Crippen LogP) is 4.67. The average molecular weight is 255 g/mol. The topological polar surface area (TPSA) is 86.1 Å². The zero-order valence-electron chi connectivity index (χ0n) is 11.3. The van der Waals surface area contributed by atoms with Gasteiger partial charge in [-0.2, -0.15) is 0 Å². The van der Waals surface area contributed by atoms with Crippen LogP contribution in [0.3, 0.4) is 0 Å². The molecule has 0 aromatic rings. The Morgan fingerprint density at radius 1 is 1.17 bits per heavy atom. The van der Waals surface area contributed by atoms with Crippen molar-refractivity contribution < 1.29 is 9.90 Å². The van der Waals surface area contributed by atoms with Gasteiger partial charge in [-0.15, -0.1) is 0 Å². The van der Waals surface area contributed by atoms with Crippen molar-refractivity contribution in [2.45, 2.75) is 77.2 Å². The molecular weight excluding hydrogens is 230 g/mol. The van der Waals surface area contributed by atoms with E-state index in [0.29, 0.717) is 6.42 Å². The minimum Gasteiger partial charge on any atom is -0.481 e. The average Bonchev–Trinajstić information content (AvgIpc) is 2.32. The van der Waals surface area contributed by atoms with Gasteiger partial charge >= 0.3 is 5.97 Å². The monoisotopic (exact) mass is 255 g/mol. The SMILES string of the molecule is CCCCCCCCCC[C@@H](CC(=O)O)N=[N+]=[N-]. The van der Waals surface area contributed by atoms with E-state index in [9.17, 15) is 4.79 Å². The molecule has 1 N–H and O–H groups in total. The Labute approximate surface area is 109 Å². The van der Waals surface area contributed by atoms with Gasteiger partial charge in [0.25, 0.3) is 0 Å². The number of carboxylic acid groups (broad SMARTS) is 1. The van der Waals surface area contributed by atoms with E-state index in [4.69, 9.17) is 10.6 Å². The highest BCUT2D eigenvalue weighted by Crippen LogP contribution is 2.13. The van der Waals surface area contributed by atoms with Crippen LogP contribution >= 0.6 is 0 Å². The molecule has 1 atom stereocenters. The molecule has 5 nitrogen and oxygen atoms in total. The first-order chi connectivity index (χ1) is 8.70. The summed E-state index contributed by atoms with van der Waals surface area (Å²) in [5.74, 6) is -0.896. The molecule has 0 aliphatic carbocycles. The molecule has 18 heavy (non-hydrogen) atoms. The van der Waals surface area contributed by atoms with Crippen LogP contribution in [-0.2, 0) is 4.79 Å². The van der Waals surface area contributed by atoms with Crippen molar-refractivity contribution in [1.29, 1.82) is 0 Å². The molecule has 0 spiro atoms. The Morgan fingerprint density at radius 2 is 1.72 bits per heavy atom. The van der Waals surface area contributed by atoms with E-state index >= 15 is 0 Å². The maximum Gasteiger partial charge on any atom is 0.303 e. The third-order valence-electron chi connectivity index (χ3n) is 3.02. The number of carbonyl (C=O) groups is 1. The van der Waals surface area contributed by atoms with Gasteiger partial charge in [0.2, 0.25) is 0 Å². The normalized spacial score (nSPS) is 11.8. The molecular formula is C13H25N3O2. The van der Waals surface area contributed by atoms with Crippen molar-refractivity contribution in [2.75, 3.05) is 0 Å². The third kappa shape index (κ3) is 11.3. The van der Waals surface area contributed by atoms with Gasteiger partial charge in [-0.25, -0.2) is 0 Å². The number of nitrogens with zero attached hydrogens (tertiary/aromatic N) is 3. The van der Waals surface area contributed by atoms with Crippen LogP contribution in [0, 0.1) is 0 Å². The van der Waals surface area contributed by atoms with Gasteiger partial charge in [-0.1, -0.05) is 63.4 Å². The number of hydrogen-bond donors (Lipinski definition) is 1. The minimum absolute atomic E-state index is 0.0550. The zero-order chi connectivity index (χ0) is 13.6. The van der Waals surface area contributed by atoms with Crippen LogP contribution in [0.4, 0.5) is 0 Å². The first kappa shape index (κ1) is 16.8. The first-order valence-electron chi connectivity index (χ1n) is 6.96. The van der Waals surface area contributed by atoms with Gasteiger partial charge in [0.15, 0.2) is 0 Å². The van der Waals surface area contributed by atoms with Crippen molar-refractivity contribution in [3.63, 3.8) is 0 Å². The highest BCUT2D eigenvalue weighted by atomic mass is 16.4. The maximum absolute atomic E-state index is 10.5. The molecule has 0 rings (SSSR count). The Kier molecular flexibility index (Phi) is 11.4. The number of hydrogen-bond acceptors (Lipinski definition) is 2. The molecule has 0 aromatic heterocycles. The Hall–Kier alpha value is -1.22. The molecule has 0 aliphatic heterocycles. The van der Waals surface area contributed by atoms with Crippen LogP contribution in [0.25, 0.3) is 10.4 Å². The van der Waals surface area contributed by atoms with Crippen molar-refractivity contribution in [1.82, 2.24) is 0 Å². The van der Waals surface area contributed by atoms with Crippen LogP contribution in [0.1, 0.15) is 71.1 Å². The van der Waals surface area contributed by atoms with Crippen molar-refractivity contribution >= 4 is 5.97 Å². The summed E-state index contributed by atoms with van der Waals surface area (Å²) in [7, 11) is 0. The van der Waals surface area contributed by atoms with Gasteiger partial charge in [-0.05, 0) is 12.0 Å². The lowest BCUT2D eigenvalue weighted by Gasteiger charge is -2.07. The Balaban J connectivity index is 3.49. The number of carboxylic acids is 1. The Bertz CT molecular complexity index is 263. The van der Waals surface area contributed by atoms with Gasteiger partial charge in [-0.3, -0.25) is 4.79 Å². The summed E-state index contributed by atoms with van der Waals surface area (Å²) in [5.41, 5.74) is 8.34. The van der Waals surface area contributed by atoms with E-state index in [1.54, 1.807) is 0 Å². The highest BCUT2D eigenvalue weighted by Gasteiger charge is 2.10.